The predicted molar refractivity (Wildman–Crippen MR) is 184 cm³/mol. The Kier molecular flexibility index (Phi) is 16.2. The fourth-order valence-electron chi connectivity index (χ4n) is 5.77. The van der Waals surface area contributed by atoms with E-state index in [1.165, 1.54) is 78.5 Å². The molecule has 41 heavy (non-hydrogen) atoms. The maximum absolute atomic E-state index is 4.42. The second-order valence-electron chi connectivity index (χ2n) is 11.8. The van der Waals surface area contributed by atoms with Gasteiger partial charge in [-0.1, -0.05) is 151 Å². The van der Waals surface area contributed by atoms with Gasteiger partial charge in [-0.05, 0) is 79.7 Å². The Labute approximate surface area is 253 Å². The molecule has 0 spiro atoms. The van der Waals surface area contributed by atoms with Gasteiger partial charge in [-0.3, -0.25) is 0 Å². The van der Waals surface area contributed by atoms with Crippen molar-refractivity contribution in [3.05, 3.63) is 112 Å². The number of rotatable bonds is 8. The van der Waals surface area contributed by atoms with Gasteiger partial charge in [0.05, 0.1) is 0 Å². The molecule has 0 fully saturated rings. The van der Waals surface area contributed by atoms with Gasteiger partial charge in [-0.2, -0.15) is 0 Å². The summed E-state index contributed by atoms with van der Waals surface area (Å²) in [5.74, 6) is 0.484. The summed E-state index contributed by atoms with van der Waals surface area (Å²) in [4.78, 5) is 0. The lowest BCUT2D eigenvalue weighted by Crippen LogP contribution is -2.24. The first kappa shape index (κ1) is 34.4. The molecule has 1 N–H and O–H groups in total. The third kappa shape index (κ3) is 11.2. The molecule has 0 saturated carbocycles. The number of fused-ring (bicyclic) bond motifs is 2. The van der Waals surface area contributed by atoms with Gasteiger partial charge in [0.2, 0.25) is 0 Å². The summed E-state index contributed by atoms with van der Waals surface area (Å²) in [6.45, 7) is 20.6. The smallest absolute Gasteiger partial charge is 0.0363 e. The summed E-state index contributed by atoms with van der Waals surface area (Å²) in [7, 11) is 0. The Hall–Kier alpha value is -2.80. The van der Waals surface area contributed by atoms with Crippen LogP contribution in [0.2, 0.25) is 0 Å². The van der Waals surface area contributed by atoms with E-state index in [1.807, 2.05) is 0 Å². The highest BCUT2D eigenvalue weighted by Gasteiger charge is 2.31. The van der Waals surface area contributed by atoms with Crippen molar-refractivity contribution in [1.29, 1.82) is 0 Å². The van der Waals surface area contributed by atoms with E-state index in [4.69, 9.17) is 0 Å². The molecule has 0 radical (unpaired) electrons. The Morgan fingerprint density at radius 1 is 0.854 bits per heavy atom. The van der Waals surface area contributed by atoms with E-state index in [-0.39, 0.29) is 0 Å². The molecular formula is C40H59N. The second-order valence-corrected chi connectivity index (χ2v) is 11.8. The average Bonchev–Trinajstić information content (AvgIpc) is 3.62. The molecule has 3 aliphatic rings. The lowest BCUT2D eigenvalue weighted by atomic mass is 9.80. The number of benzene rings is 2. The van der Waals surface area contributed by atoms with Crippen molar-refractivity contribution < 1.29 is 0 Å². The van der Waals surface area contributed by atoms with Gasteiger partial charge in [0, 0.05) is 18.2 Å². The van der Waals surface area contributed by atoms with Crippen molar-refractivity contribution in [3.63, 3.8) is 0 Å². The Bertz CT molecular complexity index is 1160. The highest BCUT2D eigenvalue weighted by Crippen LogP contribution is 2.46. The normalized spacial score (nSPS) is 16.4. The molecule has 0 aromatic heterocycles. The summed E-state index contributed by atoms with van der Waals surface area (Å²) in [6.07, 6.45) is 18.3. The zero-order valence-corrected chi connectivity index (χ0v) is 27.5. The van der Waals surface area contributed by atoms with Crippen LogP contribution in [0.1, 0.15) is 122 Å². The molecular weight excluding hydrogens is 494 g/mol. The fourth-order valence-corrected chi connectivity index (χ4v) is 5.77. The summed E-state index contributed by atoms with van der Waals surface area (Å²) >= 11 is 0. The van der Waals surface area contributed by atoms with Gasteiger partial charge in [-0.25, -0.2) is 0 Å². The highest BCUT2D eigenvalue weighted by atomic mass is 14.9. The van der Waals surface area contributed by atoms with Crippen molar-refractivity contribution in [2.75, 3.05) is 6.54 Å². The molecule has 0 amide bonds. The van der Waals surface area contributed by atoms with Crippen LogP contribution in [-0.2, 0) is 12.8 Å². The van der Waals surface area contributed by atoms with Crippen LogP contribution >= 0.6 is 0 Å². The Balaban J connectivity index is 0.000000285. The number of unbranched alkanes of at least 4 members (excludes halogenated alkanes) is 2. The van der Waals surface area contributed by atoms with Crippen LogP contribution in [0.15, 0.2) is 89.7 Å². The highest BCUT2D eigenvalue weighted by molar-refractivity contribution is 5.80. The van der Waals surface area contributed by atoms with Crippen LogP contribution in [0.25, 0.3) is 5.57 Å². The largest absolute Gasteiger partial charge is 0.385 e. The predicted octanol–water partition coefficient (Wildman–Crippen LogP) is 11.7. The second kappa shape index (κ2) is 19.3. The molecule has 1 heteroatoms. The summed E-state index contributed by atoms with van der Waals surface area (Å²) in [5, 5.41) is 3.65. The molecule has 1 atom stereocenters. The molecule has 1 unspecified atom stereocenters. The van der Waals surface area contributed by atoms with E-state index in [9.17, 15) is 0 Å². The van der Waals surface area contributed by atoms with Crippen LogP contribution in [0.5, 0.6) is 0 Å². The van der Waals surface area contributed by atoms with E-state index in [2.05, 4.69) is 121 Å². The van der Waals surface area contributed by atoms with E-state index < -0.39 is 0 Å². The quantitative estimate of drug-likeness (QED) is 0.343. The lowest BCUT2D eigenvalue weighted by molar-refractivity contribution is 0.574. The monoisotopic (exact) mass is 553 g/mol. The van der Waals surface area contributed by atoms with Crippen LogP contribution in [0.4, 0.5) is 0 Å². The summed E-state index contributed by atoms with van der Waals surface area (Å²) in [6, 6.07) is 17.6. The number of hydrogen-bond acceptors (Lipinski definition) is 1. The molecule has 0 saturated heterocycles. The fraction of sp³-hybridized carbons (Fsp3) is 0.500. The molecule has 1 nitrogen and oxygen atoms in total. The van der Waals surface area contributed by atoms with E-state index >= 15 is 0 Å². The summed E-state index contributed by atoms with van der Waals surface area (Å²) in [5.41, 5.74) is 13.3. The Morgan fingerprint density at radius 3 is 2.15 bits per heavy atom. The third-order valence-corrected chi connectivity index (χ3v) is 8.04. The molecule has 0 heterocycles. The first-order chi connectivity index (χ1) is 19.9. The molecule has 5 rings (SSSR count). The number of nitrogens with one attached hydrogen (secondary N) is 1. The third-order valence-electron chi connectivity index (χ3n) is 8.04. The van der Waals surface area contributed by atoms with Crippen molar-refractivity contribution in [1.82, 2.24) is 5.32 Å². The van der Waals surface area contributed by atoms with Gasteiger partial charge in [0.15, 0.2) is 0 Å². The molecule has 2 aromatic rings. The van der Waals surface area contributed by atoms with Gasteiger partial charge in [0.25, 0.3) is 0 Å². The van der Waals surface area contributed by atoms with Gasteiger partial charge < -0.3 is 5.32 Å². The SMILES string of the molecule is C=C(NCC1=CC=C(CC)C1)C1CCCC2=C1c1ccccc1C2.CCC.CCCCC.CCc1cccc(C)c1. The maximum atomic E-state index is 4.42. The van der Waals surface area contributed by atoms with Crippen LogP contribution in [0, 0.1) is 12.8 Å². The van der Waals surface area contributed by atoms with E-state index in [0.29, 0.717) is 5.92 Å². The van der Waals surface area contributed by atoms with E-state index in [1.54, 1.807) is 16.7 Å². The molecule has 224 valence electrons. The van der Waals surface area contributed by atoms with Crippen molar-refractivity contribution in [2.45, 2.75) is 119 Å². The topological polar surface area (TPSA) is 12.0 Å². The van der Waals surface area contributed by atoms with E-state index in [0.717, 1.165) is 32.2 Å². The minimum atomic E-state index is 0.484. The first-order valence-electron chi connectivity index (χ1n) is 16.6. The minimum absolute atomic E-state index is 0.484. The standard InChI is InChI=1S/C23H27N.C9H12.C5H12.C3H8/c1-3-17-11-12-18(13-17)15-24-16(2)21-10-6-8-20-14-19-7-4-5-9-22(19)23(20)21;1-3-9-6-4-5-8(2)7-9;1-3-5-4-2;1-3-2/h4-5,7,9,11-12,21,24H,2-3,6,8,10,13-15H2,1H3;4-7H,3H2,1-2H3;3-5H2,1-2H3;3H2,1-2H3. The number of allylic oxidation sites excluding steroid dienone is 5. The first-order valence-corrected chi connectivity index (χ1v) is 16.6. The van der Waals surface area contributed by atoms with Gasteiger partial charge >= 0.3 is 0 Å². The Morgan fingerprint density at radius 2 is 1.56 bits per heavy atom. The average molecular weight is 554 g/mol. The molecule has 0 aliphatic heterocycles. The zero-order valence-electron chi connectivity index (χ0n) is 27.5. The maximum Gasteiger partial charge on any atom is 0.0363 e. The zero-order chi connectivity index (χ0) is 30.0. The van der Waals surface area contributed by atoms with Crippen molar-refractivity contribution in [2.24, 2.45) is 5.92 Å². The summed E-state index contributed by atoms with van der Waals surface area (Å²) < 4.78 is 0. The molecule has 2 aromatic carbocycles. The number of aryl methyl sites for hydroxylation is 2. The lowest BCUT2D eigenvalue weighted by Gasteiger charge is -2.28. The van der Waals surface area contributed by atoms with Gasteiger partial charge in [0.1, 0.15) is 0 Å². The molecule has 0 bridgehead atoms. The van der Waals surface area contributed by atoms with Gasteiger partial charge in [-0.15, -0.1) is 0 Å². The van der Waals surface area contributed by atoms with Crippen molar-refractivity contribution in [3.8, 4) is 0 Å². The van der Waals surface area contributed by atoms with Crippen molar-refractivity contribution >= 4 is 5.57 Å². The molecule has 3 aliphatic carbocycles. The number of hydrogen-bond donors (Lipinski definition) is 1. The van der Waals surface area contributed by atoms with Crippen LogP contribution < -0.4 is 5.32 Å². The van der Waals surface area contributed by atoms with Crippen LogP contribution in [-0.4, -0.2) is 6.54 Å². The van der Waals surface area contributed by atoms with Crippen LogP contribution in [0.3, 0.4) is 0 Å². The minimum Gasteiger partial charge on any atom is -0.385 e.